The second-order valence-electron chi connectivity index (χ2n) is 33.2. The van der Waals surface area contributed by atoms with Gasteiger partial charge in [0.15, 0.2) is 0 Å². The predicted octanol–water partition coefficient (Wildman–Crippen LogP) is 21.8. The molecule has 2 atom stereocenters. The van der Waals surface area contributed by atoms with Gasteiger partial charge in [0.2, 0.25) is 0 Å². The van der Waals surface area contributed by atoms with E-state index in [0.29, 0.717) is 5.92 Å². The SMILES string of the molecule is Cc1cc2c3c(c1)N(c1ccc(C(C)(C)C)cc1C1C=CC=CC1)c1c(sc4cc5c(cc14)C(C)(C)CCC5(C)C)B3c1ccc(N(C3=CC4=C(CC3)C(C)(C)CCC4C)c3ccc4c(c3)C(C)(C)CCC4(C)C)cc1N2c1ccc(C(C)(C)C)cc1. The van der Waals surface area contributed by atoms with Crippen molar-refractivity contribution in [3.05, 3.63) is 195 Å². The number of fused-ring (bicyclic) bond motifs is 8. The number of rotatable bonds is 6. The fourth-order valence-electron chi connectivity index (χ4n) is 16.9. The van der Waals surface area contributed by atoms with Gasteiger partial charge in [0, 0.05) is 66.3 Å². The molecule has 448 valence electrons. The van der Waals surface area contributed by atoms with Crippen LogP contribution in [0.1, 0.15) is 226 Å². The summed E-state index contributed by atoms with van der Waals surface area (Å²) in [7, 11) is 0. The molecule has 3 nitrogen and oxygen atoms in total. The molecule has 1 aromatic heterocycles. The van der Waals surface area contributed by atoms with Gasteiger partial charge >= 0.3 is 0 Å². The second-order valence-corrected chi connectivity index (χ2v) is 34.3. The molecule has 5 aliphatic carbocycles. The van der Waals surface area contributed by atoms with Crippen LogP contribution in [-0.2, 0) is 32.5 Å². The van der Waals surface area contributed by atoms with Gasteiger partial charge in [0.1, 0.15) is 0 Å². The maximum atomic E-state index is 2.78. The molecule has 0 saturated carbocycles. The van der Waals surface area contributed by atoms with E-state index < -0.39 is 0 Å². The maximum Gasteiger partial charge on any atom is 0.264 e. The minimum atomic E-state index is -0.0117. The molecular formula is C82H96BN3S. The molecule has 0 fully saturated rings. The zero-order chi connectivity index (χ0) is 61.4. The van der Waals surface area contributed by atoms with Crippen molar-refractivity contribution in [1.29, 1.82) is 0 Å². The van der Waals surface area contributed by atoms with E-state index in [4.69, 9.17) is 0 Å². The highest BCUT2D eigenvalue weighted by molar-refractivity contribution is 7.33. The molecule has 2 unspecified atom stereocenters. The average Bonchev–Trinajstić information content (AvgIpc) is 1.66. The van der Waals surface area contributed by atoms with Crippen molar-refractivity contribution < 1.29 is 0 Å². The van der Waals surface area contributed by atoms with Gasteiger partial charge in [-0.1, -0.05) is 184 Å². The molecule has 14 rings (SSSR count). The number of hydrogen-bond donors (Lipinski definition) is 0. The number of benzene rings is 6. The highest BCUT2D eigenvalue weighted by Gasteiger charge is 2.48. The lowest BCUT2D eigenvalue weighted by Crippen LogP contribution is -2.60. The smallest absolute Gasteiger partial charge is 0.264 e. The van der Waals surface area contributed by atoms with Crippen LogP contribution in [0, 0.1) is 18.3 Å². The largest absolute Gasteiger partial charge is 0.314 e. The van der Waals surface area contributed by atoms with Crippen LogP contribution in [0.2, 0.25) is 0 Å². The van der Waals surface area contributed by atoms with Crippen molar-refractivity contribution in [2.24, 2.45) is 11.3 Å². The Labute approximate surface area is 527 Å². The third-order valence-corrected chi connectivity index (χ3v) is 24.0. The Bertz CT molecular complexity index is 4130. The van der Waals surface area contributed by atoms with Gasteiger partial charge in [-0.2, -0.15) is 0 Å². The molecule has 0 N–H and O–H groups in total. The van der Waals surface area contributed by atoms with E-state index in [1.165, 1.54) is 160 Å². The number of thiophene rings is 1. The summed E-state index contributed by atoms with van der Waals surface area (Å²) in [6.07, 6.45) is 22.3. The molecule has 0 radical (unpaired) electrons. The Kier molecular flexibility index (Phi) is 13.3. The lowest BCUT2D eigenvalue weighted by atomic mass is 9.36. The van der Waals surface area contributed by atoms with Crippen molar-refractivity contribution >= 4 is 89.3 Å². The van der Waals surface area contributed by atoms with Gasteiger partial charge in [-0.3, -0.25) is 0 Å². The lowest BCUT2D eigenvalue weighted by molar-refractivity contribution is 0.320. The molecule has 2 aliphatic heterocycles. The summed E-state index contributed by atoms with van der Waals surface area (Å²) in [5.74, 6) is 0.777. The Morgan fingerprint density at radius 2 is 1.17 bits per heavy atom. The molecule has 6 aromatic carbocycles. The number of anilines is 8. The van der Waals surface area contributed by atoms with Crippen LogP contribution < -0.4 is 30.4 Å². The molecule has 3 heterocycles. The number of aryl methyl sites for hydroxylation is 1. The Hall–Kier alpha value is -6.30. The molecule has 0 amide bonds. The fourth-order valence-corrected chi connectivity index (χ4v) is 18.3. The molecule has 7 aliphatic rings. The normalized spacial score (nSPS) is 21.8. The zero-order valence-corrected chi connectivity index (χ0v) is 56.9. The van der Waals surface area contributed by atoms with Gasteiger partial charge in [-0.25, -0.2) is 0 Å². The summed E-state index contributed by atoms with van der Waals surface area (Å²) >= 11 is 2.07. The van der Waals surface area contributed by atoms with Crippen LogP contribution >= 0.6 is 11.3 Å². The standard InChI is InChI=1S/C82H96BN3S/c1-50-42-70-73-71(43-50)86(68-35-26-54(77(6,7)8)44-60(68)52-22-20-19-21-23-52)74-61-48-65-66(82(17,18)41-40-81(65,15)16)49-72(61)87-75(74)83(73)67-34-31-58(47-69(67)85(70)55-27-24-53(25-28-55)76(3,4)5)84(56-29-32-62-59(45-56)51(2)36-37-78(62,9)10)57-30-33-63-64(46-57)80(13,14)39-38-79(63,11)12/h19-22,24-28,30-31,33-35,42-49,51-52H,23,29,32,36-41H2,1-18H3. The van der Waals surface area contributed by atoms with Gasteiger partial charge in [0.05, 0.1) is 5.69 Å². The third-order valence-electron chi connectivity index (χ3n) is 22.8. The third kappa shape index (κ3) is 9.45. The minimum Gasteiger partial charge on any atom is -0.314 e. The molecule has 0 bridgehead atoms. The average molecular weight is 1170 g/mol. The predicted molar refractivity (Wildman–Crippen MR) is 379 cm³/mol. The van der Waals surface area contributed by atoms with Crippen LogP contribution in [0.15, 0.2) is 150 Å². The van der Waals surface area contributed by atoms with Gasteiger partial charge < -0.3 is 14.7 Å². The van der Waals surface area contributed by atoms with Crippen LogP contribution in [0.25, 0.3) is 10.1 Å². The summed E-state index contributed by atoms with van der Waals surface area (Å²) in [6.45, 7) is 43.9. The van der Waals surface area contributed by atoms with Gasteiger partial charge in [-0.05, 0) is 242 Å². The summed E-state index contributed by atoms with van der Waals surface area (Å²) < 4.78 is 2.84. The van der Waals surface area contributed by atoms with Crippen molar-refractivity contribution in [3.63, 3.8) is 0 Å². The minimum absolute atomic E-state index is 0.00610. The molecule has 0 spiro atoms. The van der Waals surface area contributed by atoms with E-state index in [-0.39, 0.29) is 50.5 Å². The number of hydrogen-bond acceptors (Lipinski definition) is 4. The fraction of sp³-hybridized carbons (Fsp3) is 0.439. The highest BCUT2D eigenvalue weighted by atomic mass is 32.1. The first-order valence-electron chi connectivity index (χ1n) is 33.4. The lowest BCUT2D eigenvalue weighted by Gasteiger charge is -2.45. The molecular weight excluding hydrogens is 1070 g/mol. The number of allylic oxidation sites excluding steroid dienone is 8. The monoisotopic (exact) mass is 1170 g/mol. The van der Waals surface area contributed by atoms with E-state index in [9.17, 15) is 0 Å². The first-order chi connectivity index (χ1) is 40.9. The molecule has 87 heavy (non-hydrogen) atoms. The summed E-state index contributed by atoms with van der Waals surface area (Å²) in [6, 6.07) is 43.0. The second kappa shape index (κ2) is 19.9. The molecule has 5 heteroatoms. The Morgan fingerprint density at radius 3 is 1.83 bits per heavy atom. The van der Waals surface area contributed by atoms with Crippen molar-refractivity contribution in [2.45, 2.75) is 221 Å². The Balaban J connectivity index is 1.07. The van der Waals surface area contributed by atoms with E-state index >= 15 is 0 Å². The van der Waals surface area contributed by atoms with Crippen molar-refractivity contribution in [3.8, 4) is 0 Å². The van der Waals surface area contributed by atoms with E-state index in [0.717, 1.165) is 19.3 Å². The van der Waals surface area contributed by atoms with Crippen molar-refractivity contribution in [2.75, 3.05) is 14.7 Å². The molecule has 0 saturated heterocycles. The van der Waals surface area contributed by atoms with Crippen molar-refractivity contribution in [1.82, 2.24) is 0 Å². The van der Waals surface area contributed by atoms with E-state index in [1.54, 1.807) is 11.1 Å². The van der Waals surface area contributed by atoms with Crippen LogP contribution in [0.4, 0.5) is 45.5 Å². The quantitative estimate of drug-likeness (QED) is 0.154. The summed E-state index contributed by atoms with van der Waals surface area (Å²) in [4.78, 5) is 8.18. The highest BCUT2D eigenvalue weighted by Crippen LogP contribution is 2.56. The van der Waals surface area contributed by atoms with Crippen LogP contribution in [0.5, 0.6) is 0 Å². The zero-order valence-electron chi connectivity index (χ0n) is 56.0. The molecule has 7 aromatic rings. The summed E-state index contributed by atoms with van der Waals surface area (Å²) in [5.41, 5.74) is 29.6. The van der Waals surface area contributed by atoms with E-state index in [2.05, 4.69) is 284 Å². The number of nitrogens with zero attached hydrogens (tertiary/aromatic N) is 3. The van der Waals surface area contributed by atoms with Gasteiger partial charge in [-0.15, -0.1) is 11.3 Å². The first-order valence-corrected chi connectivity index (χ1v) is 34.2. The van der Waals surface area contributed by atoms with Crippen LogP contribution in [0.3, 0.4) is 0 Å². The summed E-state index contributed by atoms with van der Waals surface area (Å²) in [5, 5.41) is 1.39. The topological polar surface area (TPSA) is 9.72 Å². The van der Waals surface area contributed by atoms with E-state index in [1.807, 2.05) is 0 Å². The van der Waals surface area contributed by atoms with Crippen LogP contribution in [-0.4, -0.2) is 6.71 Å². The maximum absolute atomic E-state index is 2.78. The Morgan fingerprint density at radius 1 is 0.563 bits per heavy atom. The van der Waals surface area contributed by atoms with Gasteiger partial charge in [0.25, 0.3) is 6.71 Å². The first kappa shape index (κ1) is 58.4.